The van der Waals surface area contributed by atoms with Gasteiger partial charge in [0, 0.05) is 13.0 Å². The molecule has 3 unspecified atom stereocenters. The summed E-state index contributed by atoms with van der Waals surface area (Å²) in [6, 6.07) is 0. The van der Waals surface area contributed by atoms with Crippen LogP contribution in [0.15, 0.2) is 0 Å². The molecule has 0 heterocycles. The summed E-state index contributed by atoms with van der Waals surface area (Å²) >= 11 is 0. The van der Waals surface area contributed by atoms with Gasteiger partial charge in [0.1, 0.15) is 6.10 Å². The van der Waals surface area contributed by atoms with Gasteiger partial charge < -0.3 is 14.2 Å². The molecule has 0 aromatic heterocycles. The molecular weight excluding hydrogens is 292 g/mol. The maximum Gasteiger partial charge on any atom is 0.306 e. The molecule has 4 heteroatoms. The molecule has 4 nitrogen and oxygen atoms in total. The molecule has 23 heavy (non-hydrogen) atoms. The minimum absolute atomic E-state index is 0.0211. The first-order valence-electron chi connectivity index (χ1n) is 9.02. The molecule has 0 fully saturated rings. The molecule has 0 aliphatic heterocycles. The molecular formula is C19H38O4. The Morgan fingerprint density at radius 3 is 2.26 bits per heavy atom. The lowest BCUT2D eigenvalue weighted by Gasteiger charge is -2.23. The van der Waals surface area contributed by atoms with Crippen molar-refractivity contribution in [3.63, 3.8) is 0 Å². The summed E-state index contributed by atoms with van der Waals surface area (Å²) in [7, 11) is 0. The standard InChI is InChI=1S/C19H38O4/c1-8-9-10-21-13-16(3)22-14-17(4)23-18(20)11-15(2)12-19(5,6)7/h15-17H,8-14H2,1-7H3. The van der Waals surface area contributed by atoms with Crippen LogP contribution < -0.4 is 0 Å². The number of esters is 1. The number of ether oxygens (including phenoxy) is 3. The van der Waals surface area contributed by atoms with E-state index in [9.17, 15) is 4.79 Å². The van der Waals surface area contributed by atoms with Crippen LogP contribution >= 0.6 is 0 Å². The van der Waals surface area contributed by atoms with Crippen LogP contribution in [0.2, 0.25) is 0 Å². The molecule has 138 valence electrons. The van der Waals surface area contributed by atoms with Gasteiger partial charge in [-0.15, -0.1) is 0 Å². The smallest absolute Gasteiger partial charge is 0.306 e. The van der Waals surface area contributed by atoms with Gasteiger partial charge in [0.15, 0.2) is 0 Å². The number of carbonyl (C=O) groups excluding carboxylic acids is 1. The van der Waals surface area contributed by atoms with Crippen LogP contribution in [-0.2, 0) is 19.0 Å². The van der Waals surface area contributed by atoms with Gasteiger partial charge in [0.05, 0.1) is 19.3 Å². The molecule has 0 saturated heterocycles. The highest BCUT2D eigenvalue weighted by Crippen LogP contribution is 2.26. The van der Waals surface area contributed by atoms with Gasteiger partial charge in [-0.25, -0.2) is 0 Å². The third-order valence-corrected chi connectivity index (χ3v) is 3.42. The zero-order valence-corrected chi connectivity index (χ0v) is 16.3. The normalized spacial score (nSPS) is 16.0. The summed E-state index contributed by atoms with van der Waals surface area (Å²) in [5.41, 5.74) is 0.238. The zero-order valence-electron chi connectivity index (χ0n) is 16.3. The van der Waals surface area contributed by atoms with Gasteiger partial charge >= 0.3 is 5.97 Å². The van der Waals surface area contributed by atoms with Crippen molar-refractivity contribution < 1.29 is 19.0 Å². The average Bonchev–Trinajstić information content (AvgIpc) is 2.38. The van der Waals surface area contributed by atoms with Crippen LogP contribution in [0.5, 0.6) is 0 Å². The lowest BCUT2D eigenvalue weighted by Crippen LogP contribution is -2.26. The summed E-state index contributed by atoms with van der Waals surface area (Å²) in [5, 5.41) is 0. The number of carbonyl (C=O) groups is 1. The Labute approximate surface area is 143 Å². The Hall–Kier alpha value is -0.610. The van der Waals surface area contributed by atoms with E-state index in [1.807, 2.05) is 13.8 Å². The van der Waals surface area contributed by atoms with Crippen molar-refractivity contribution in [2.75, 3.05) is 19.8 Å². The van der Waals surface area contributed by atoms with E-state index in [0.29, 0.717) is 25.6 Å². The van der Waals surface area contributed by atoms with E-state index in [1.54, 1.807) is 0 Å². The van der Waals surface area contributed by atoms with Gasteiger partial charge in [0.2, 0.25) is 0 Å². The molecule has 0 aromatic rings. The van der Waals surface area contributed by atoms with Crippen molar-refractivity contribution in [1.82, 2.24) is 0 Å². The van der Waals surface area contributed by atoms with E-state index in [1.165, 1.54) is 0 Å². The van der Waals surface area contributed by atoms with Crippen LogP contribution in [-0.4, -0.2) is 38.0 Å². The number of hydrogen-bond acceptors (Lipinski definition) is 4. The predicted octanol–water partition coefficient (Wildman–Crippen LogP) is 4.60. The average molecular weight is 331 g/mol. The Morgan fingerprint density at radius 1 is 1.04 bits per heavy atom. The molecule has 0 rings (SSSR count). The van der Waals surface area contributed by atoms with E-state index in [4.69, 9.17) is 14.2 Å². The summed E-state index contributed by atoms with van der Waals surface area (Å²) in [6.07, 6.45) is 3.50. The van der Waals surface area contributed by atoms with Gasteiger partial charge in [-0.05, 0) is 38.0 Å². The summed E-state index contributed by atoms with van der Waals surface area (Å²) in [4.78, 5) is 11.9. The van der Waals surface area contributed by atoms with E-state index < -0.39 is 0 Å². The Kier molecular flexibility index (Phi) is 11.5. The van der Waals surface area contributed by atoms with Crippen molar-refractivity contribution >= 4 is 5.97 Å². The molecule has 0 saturated carbocycles. The lowest BCUT2D eigenvalue weighted by atomic mass is 9.84. The van der Waals surface area contributed by atoms with Gasteiger partial charge in [-0.1, -0.05) is 41.0 Å². The van der Waals surface area contributed by atoms with E-state index in [2.05, 4.69) is 34.6 Å². The largest absolute Gasteiger partial charge is 0.460 e. The van der Waals surface area contributed by atoms with Crippen LogP contribution in [0.1, 0.15) is 74.1 Å². The SMILES string of the molecule is CCCCOCC(C)OCC(C)OC(=O)CC(C)CC(C)(C)C. The van der Waals surface area contributed by atoms with Gasteiger partial charge in [-0.2, -0.15) is 0 Å². The second kappa shape index (κ2) is 11.9. The van der Waals surface area contributed by atoms with Crippen LogP contribution in [0.3, 0.4) is 0 Å². The zero-order chi connectivity index (χ0) is 17.9. The Balaban J connectivity index is 3.83. The molecule has 3 atom stereocenters. The highest BCUT2D eigenvalue weighted by Gasteiger charge is 2.19. The monoisotopic (exact) mass is 330 g/mol. The van der Waals surface area contributed by atoms with Gasteiger partial charge in [-0.3, -0.25) is 4.79 Å². The molecule has 0 amide bonds. The maximum absolute atomic E-state index is 11.9. The maximum atomic E-state index is 11.9. The minimum atomic E-state index is -0.220. The number of hydrogen-bond donors (Lipinski definition) is 0. The Bertz CT molecular complexity index is 309. The quantitative estimate of drug-likeness (QED) is 0.387. The first-order chi connectivity index (χ1) is 10.6. The fraction of sp³-hybridized carbons (Fsp3) is 0.947. The molecule has 0 aliphatic carbocycles. The first-order valence-corrected chi connectivity index (χ1v) is 9.02. The van der Waals surface area contributed by atoms with E-state index >= 15 is 0 Å². The third kappa shape index (κ3) is 14.7. The second-order valence-corrected chi connectivity index (χ2v) is 7.95. The molecule has 0 spiro atoms. The third-order valence-electron chi connectivity index (χ3n) is 3.42. The Morgan fingerprint density at radius 2 is 1.70 bits per heavy atom. The topological polar surface area (TPSA) is 44.8 Å². The van der Waals surface area contributed by atoms with Crippen LogP contribution in [0.25, 0.3) is 0 Å². The molecule has 0 aromatic carbocycles. The number of unbranched alkanes of at least 4 members (excludes halogenated alkanes) is 1. The molecule has 0 bridgehead atoms. The fourth-order valence-corrected chi connectivity index (χ4v) is 2.55. The minimum Gasteiger partial charge on any atom is -0.460 e. The van der Waals surface area contributed by atoms with E-state index in [0.717, 1.165) is 25.9 Å². The predicted molar refractivity (Wildman–Crippen MR) is 94.5 cm³/mol. The number of rotatable bonds is 12. The second-order valence-electron chi connectivity index (χ2n) is 7.95. The van der Waals surface area contributed by atoms with Crippen molar-refractivity contribution in [3.05, 3.63) is 0 Å². The molecule has 0 N–H and O–H groups in total. The van der Waals surface area contributed by atoms with Crippen molar-refractivity contribution in [1.29, 1.82) is 0 Å². The molecule has 0 aliphatic rings. The van der Waals surface area contributed by atoms with Crippen LogP contribution in [0.4, 0.5) is 0 Å². The first kappa shape index (κ1) is 22.4. The van der Waals surface area contributed by atoms with Crippen molar-refractivity contribution in [2.24, 2.45) is 11.3 Å². The summed E-state index contributed by atoms with van der Waals surface area (Å²) < 4.78 is 16.6. The van der Waals surface area contributed by atoms with E-state index in [-0.39, 0.29) is 23.6 Å². The summed E-state index contributed by atoms with van der Waals surface area (Å²) in [5.74, 6) is 0.200. The fourth-order valence-electron chi connectivity index (χ4n) is 2.55. The van der Waals surface area contributed by atoms with Crippen molar-refractivity contribution in [3.8, 4) is 0 Å². The lowest BCUT2D eigenvalue weighted by molar-refractivity contribution is -0.153. The summed E-state index contributed by atoms with van der Waals surface area (Å²) in [6.45, 7) is 16.4. The molecule has 0 radical (unpaired) electrons. The van der Waals surface area contributed by atoms with Crippen LogP contribution in [0, 0.1) is 11.3 Å². The van der Waals surface area contributed by atoms with Crippen molar-refractivity contribution in [2.45, 2.75) is 86.4 Å². The van der Waals surface area contributed by atoms with Gasteiger partial charge in [0.25, 0.3) is 0 Å². The highest BCUT2D eigenvalue weighted by molar-refractivity contribution is 5.69. The highest BCUT2D eigenvalue weighted by atomic mass is 16.6.